The van der Waals surface area contributed by atoms with E-state index in [4.69, 9.17) is 9.84 Å². The van der Waals surface area contributed by atoms with Crippen molar-refractivity contribution >= 4 is 21.6 Å². The molecule has 1 aromatic rings. The molecular formula is C16H24O4S2. The van der Waals surface area contributed by atoms with Crippen LogP contribution in [0.3, 0.4) is 0 Å². The van der Waals surface area contributed by atoms with Gasteiger partial charge >= 0.3 is 0 Å². The van der Waals surface area contributed by atoms with E-state index in [-0.39, 0.29) is 24.0 Å². The van der Waals surface area contributed by atoms with Crippen molar-refractivity contribution in [2.24, 2.45) is 0 Å². The number of sulfone groups is 1. The maximum atomic E-state index is 12.6. The predicted octanol–water partition coefficient (Wildman–Crippen LogP) is 3.20. The summed E-state index contributed by atoms with van der Waals surface area (Å²) in [5.41, 5.74) is 0.893. The van der Waals surface area contributed by atoms with E-state index >= 15 is 0 Å². The lowest BCUT2D eigenvalue weighted by atomic mass is 10.1. The van der Waals surface area contributed by atoms with Gasteiger partial charge in [0.25, 0.3) is 0 Å². The van der Waals surface area contributed by atoms with Gasteiger partial charge in [-0.15, -0.1) is 0 Å². The number of ether oxygens (including phenoxy) is 1. The number of thioether (sulfide) groups is 1. The van der Waals surface area contributed by atoms with Crippen molar-refractivity contribution < 1.29 is 18.3 Å². The normalized spacial score (nSPS) is 18.5. The maximum absolute atomic E-state index is 12.6. The van der Waals surface area contributed by atoms with Crippen LogP contribution >= 0.6 is 11.8 Å². The average Bonchev–Trinajstić information content (AvgIpc) is 3.05. The quantitative estimate of drug-likeness (QED) is 0.784. The summed E-state index contributed by atoms with van der Waals surface area (Å²) in [6.07, 6.45) is 3.29. The first kappa shape index (κ1) is 17.6. The summed E-state index contributed by atoms with van der Waals surface area (Å²) in [6.45, 7) is 2.48. The molecule has 0 aromatic heterocycles. The van der Waals surface area contributed by atoms with Crippen LogP contribution in [0.5, 0.6) is 5.75 Å². The molecule has 124 valence electrons. The van der Waals surface area contributed by atoms with Gasteiger partial charge in [0.05, 0.1) is 17.3 Å². The third kappa shape index (κ3) is 4.40. The van der Waals surface area contributed by atoms with Gasteiger partial charge < -0.3 is 9.84 Å². The molecule has 0 bridgehead atoms. The third-order valence-electron chi connectivity index (χ3n) is 3.64. The smallest absolute Gasteiger partial charge is 0.178 e. The molecule has 2 rings (SSSR count). The Kier molecular flexibility index (Phi) is 6.59. The van der Waals surface area contributed by atoms with Gasteiger partial charge in [-0.3, -0.25) is 0 Å². The van der Waals surface area contributed by atoms with E-state index in [9.17, 15) is 8.42 Å². The van der Waals surface area contributed by atoms with Gasteiger partial charge in [0, 0.05) is 11.9 Å². The van der Waals surface area contributed by atoms with E-state index in [1.807, 2.05) is 30.8 Å². The van der Waals surface area contributed by atoms with Crippen molar-refractivity contribution in [1.82, 2.24) is 0 Å². The van der Waals surface area contributed by atoms with E-state index in [2.05, 4.69) is 0 Å². The Morgan fingerprint density at radius 1 is 1.41 bits per heavy atom. The van der Waals surface area contributed by atoms with Crippen LogP contribution < -0.4 is 4.74 Å². The first-order valence-corrected chi connectivity index (χ1v) is 10.5. The summed E-state index contributed by atoms with van der Waals surface area (Å²) in [7, 11) is -3.39. The molecule has 1 aliphatic heterocycles. The van der Waals surface area contributed by atoms with Crippen molar-refractivity contribution in [3.8, 4) is 5.75 Å². The number of hydrogen-bond donors (Lipinski definition) is 1. The zero-order valence-electron chi connectivity index (χ0n) is 13.0. The van der Waals surface area contributed by atoms with E-state index < -0.39 is 9.84 Å². The van der Waals surface area contributed by atoms with Crippen LogP contribution in [0.15, 0.2) is 23.1 Å². The first-order valence-electron chi connectivity index (χ1n) is 7.80. The molecule has 0 saturated carbocycles. The fourth-order valence-electron chi connectivity index (χ4n) is 2.55. The Morgan fingerprint density at radius 3 is 2.86 bits per heavy atom. The highest BCUT2D eigenvalue weighted by Crippen LogP contribution is 2.43. The Morgan fingerprint density at radius 2 is 2.23 bits per heavy atom. The van der Waals surface area contributed by atoms with Crippen molar-refractivity contribution in [2.75, 3.05) is 24.7 Å². The average molecular weight is 344 g/mol. The molecule has 1 saturated heterocycles. The van der Waals surface area contributed by atoms with E-state index in [0.717, 1.165) is 30.6 Å². The van der Waals surface area contributed by atoms with Crippen molar-refractivity contribution in [3.05, 3.63) is 23.8 Å². The Hall–Kier alpha value is -0.720. The number of rotatable bonds is 8. The van der Waals surface area contributed by atoms with E-state index in [1.165, 1.54) is 0 Å². The summed E-state index contributed by atoms with van der Waals surface area (Å²) in [4.78, 5) is 0.383. The minimum absolute atomic E-state index is 0.0227. The topological polar surface area (TPSA) is 63.6 Å². The SMILES string of the molecule is CCCOc1ccc(C2CCCS2)c(S(=O)(=O)CCCO)c1. The molecule has 1 heterocycles. The van der Waals surface area contributed by atoms with Crippen molar-refractivity contribution in [1.29, 1.82) is 0 Å². The van der Waals surface area contributed by atoms with Crippen LogP contribution in [0.4, 0.5) is 0 Å². The fraction of sp³-hybridized carbons (Fsp3) is 0.625. The minimum Gasteiger partial charge on any atom is -0.494 e. The van der Waals surface area contributed by atoms with Crippen molar-refractivity contribution in [2.45, 2.75) is 42.8 Å². The third-order valence-corrected chi connectivity index (χ3v) is 6.91. The zero-order chi connectivity index (χ0) is 16.0. The van der Waals surface area contributed by atoms with Gasteiger partial charge in [-0.05, 0) is 49.1 Å². The molecule has 0 aliphatic carbocycles. The Labute approximate surface area is 137 Å². The second-order valence-corrected chi connectivity index (χ2v) is 8.83. The van der Waals surface area contributed by atoms with Gasteiger partial charge in [0.15, 0.2) is 9.84 Å². The Balaban J connectivity index is 2.36. The fourth-order valence-corrected chi connectivity index (χ4v) is 5.55. The largest absolute Gasteiger partial charge is 0.494 e. The second-order valence-electron chi connectivity index (χ2n) is 5.45. The van der Waals surface area contributed by atoms with Gasteiger partial charge in [-0.2, -0.15) is 11.8 Å². The number of benzene rings is 1. The zero-order valence-corrected chi connectivity index (χ0v) is 14.6. The monoisotopic (exact) mass is 344 g/mol. The molecule has 0 spiro atoms. The molecule has 1 unspecified atom stereocenters. The predicted molar refractivity (Wildman–Crippen MR) is 90.4 cm³/mol. The van der Waals surface area contributed by atoms with Gasteiger partial charge in [-0.1, -0.05) is 13.0 Å². The van der Waals surface area contributed by atoms with Crippen LogP contribution in [0.25, 0.3) is 0 Å². The summed E-state index contributed by atoms with van der Waals surface area (Å²) in [5, 5.41) is 9.18. The molecule has 1 atom stereocenters. The van der Waals surface area contributed by atoms with Crippen LogP contribution in [0, 0.1) is 0 Å². The highest BCUT2D eigenvalue weighted by molar-refractivity contribution is 7.99. The van der Waals surface area contributed by atoms with E-state index in [1.54, 1.807) is 6.07 Å². The number of aliphatic hydroxyl groups is 1. The van der Waals surface area contributed by atoms with Crippen molar-refractivity contribution in [3.63, 3.8) is 0 Å². The van der Waals surface area contributed by atoms with Crippen LogP contribution in [-0.2, 0) is 9.84 Å². The lowest BCUT2D eigenvalue weighted by Crippen LogP contribution is -2.12. The van der Waals surface area contributed by atoms with Gasteiger partial charge in [-0.25, -0.2) is 8.42 Å². The molecular weight excluding hydrogens is 320 g/mol. The molecule has 1 aromatic carbocycles. The lowest BCUT2D eigenvalue weighted by Gasteiger charge is -2.17. The van der Waals surface area contributed by atoms with Gasteiger partial charge in [0.2, 0.25) is 0 Å². The summed E-state index contributed by atoms with van der Waals surface area (Å²) < 4.78 is 30.8. The molecule has 4 nitrogen and oxygen atoms in total. The van der Waals surface area contributed by atoms with Gasteiger partial charge in [0.1, 0.15) is 5.75 Å². The molecule has 6 heteroatoms. The second kappa shape index (κ2) is 8.22. The molecule has 1 N–H and O–H groups in total. The molecule has 1 aliphatic rings. The molecule has 0 amide bonds. The standard InChI is InChI=1S/C16H24O4S2/c1-2-9-20-13-6-7-14(15-5-3-10-21-15)16(12-13)22(18,19)11-4-8-17/h6-7,12,15,17H,2-5,8-11H2,1H3. The van der Waals surface area contributed by atoms with Crippen LogP contribution in [0.2, 0.25) is 0 Å². The lowest BCUT2D eigenvalue weighted by molar-refractivity contribution is 0.295. The van der Waals surface area contributed by atoms with E-state index in [0.29, 0.717) is 17.3 Å². The highest BCUT2D eigenvalue weighted by atomic mass is 32.2. The molecule has 22 heavy (non-hydrogen) atoms. The van der Waals surface area contributed by atoms with Crippen LogP contribution in [-0.4, -0.2) is 38.2 Å². The first-order chi connectivity index (χ1) is 10.6. The number of aliphatic hydroxyl groups excluding tert-OH is 1. The minimum atomic E-state index is -3.39. The molecule has 0 radical (unpaired) electrons. The van der Waals surface area contributed by atoms with Crippen LogP contribution in [0.1, 0.15) is 43.4 Å². The summed E-state index contributed by atoms with van der Waals surface area (Å²) >= 11 is 1.82. The Bertz CT molecular complexity index is 578. The highest BCUT2D eigenvalue weighted by Gasteiger charge is 2.26. The summed E-state index contributed by atoms with van der Waals surface area (Å²) in [5.74, 6) is 1.66. The number of hydrogen-bond acceptors (Lipinski definition) is 5. The maximum Gasteiger partial charge on any atom is 0.178 e. The summed E-state index contributed by atoms with van der Waals surface area (Å²) in [6, 6.07) is 5.44. The molecule has 1 fully saturated rings.